The van der Waals surface area contributed by atoms with Crippen LogP contribution in [0.25, 0.3) is 0 Å². The third kappa shape index (κ3) is 3.88. The highest BCUT2D eigenvalue weighted by Gasteiger charge is 2.65. The molecule has 2 amide bonds. The van der Waals surface area contributed by atoms with Gasteiger partial charge in [0.25, 0.3) is 0 Å². The number of aliphatic carboxylic acids is 1. The molecule has 2 heterocycles. The Morgan fingerprint density at radius 3 is 2.32 bits per heavy atom. The average Bonchev–Trinajstić information content (AvgIpc) is 2.84. The summed E-state index contributed by atoms with van der Waals surface area (Å²) in [4.78, 5) is 38.0. The Balaban J connectivity index is 2.39. The number of hydrogen-bond donors (Lipinski definition) is 2. The normalized spacial score (nSPS) is 25.4. The predicted octanol–water partition coefficient (Wildman–Crippen LogP) is 2.57. The van der Waals surface area contributed by atoms with E-state index in [-0.39, 0.29) is 22.4 Å². The predicted molar refractivity (Wildman–Crippen MR) is 115 cm³/mol. The maximum Gasteiger partial charge on any atom is 0.354 e. The fraction of sp³-hybridized carbons (Fsp3) is 0.722. The van der Waals surface area contributed by atoms with Crippen molar-refractivity contribution in [2.24, 2.45) is 17.1 Å². The van der Waals surface area contributed by atoms with Crippen molar-refractivity contribution >= 4 is 50.3 Å². The van der Waals surface area contributed by atoms with Crippen molar-refractivity contribution in [1.29, 1.82) is 0 Å². The summed E-state index contributed by atoms with van der Waals surface area (Å²) in [6, 6.07) is 0. The van der Waals surface area contributed by atoms with E-state index in [0.717, 1.165) is 11.8 Å². The molecular weight excluding hydrogens is 416 g/mol. The summed E-state index contributed by atoms with van der Waals surface area (Å²) >= 11 is 2.48. The molecule has 1 saturated heterocycles. The van der Waals surface area contributed by atoms with E-state index in [9.17, 15) is 19.5 Å². The molecule has 0 bridgehead atoms. The SMILES string of the molecule is CCC(SC1=C(C(=O)O)N2C(=O)[C@H](C(C)(O[SiH](C)C)C(C)(C)C)[C@H]2S1)C(N)=O. The minimum Gasteiger partial charge on any atom is -0.477 e. The van der Waals surface area contributed by atoms with Gasteiger partial charge in [-0.1, -0.05) is 39.5 Å². The van der Waals surface area contributed by atoms with Crippen LogP contribution >= 0.6 is 23.5 Å². The number of carbonyl (C=O) groups is 3. The number of fused-ring (bicyclic) bond motifs is 1. The summed E-state index contributed by atoms with van der Waals surface area (Å²) in [5.74, 6) is -2.34. The number of carboxylic acid groups (broad SMARTS) is 1. The van der Waals surface area contributed by atoms with Gasteiger partial charge in [0.2, 0.25) is 11.8 Å². The Kier molecular flexibility index (Phi) is 6.69. The average molecular weight is 447 g/mol. The van der Waals surface area contributed by atoms with Gasteiger partial charge in [-0.3, -0.25) is 14.5 Å². The van der Waals surface area contributed by atoms with Gasteiger partial charge in [-0.2, -0.15) is 0 Å². The lowest BCUT2D eigenvalue weighted by molar-refractivity contribution is -0.173. The number of thioether (sulfide) groups is 2. The zero-order valence-corrected chi connectivity index (χ0v) is 20.2. The van der Waals surface area contributed by atoms with E-state index >= 15 is 0 Å². The molecule has 2 aliphatic rings. The molecule has 0 spiro atoms. The zero-order valence-electron chi connectivity index (χ0n) is 17.4. The van der Waals surface area contributed by atoms with E-state index in [1.54, 1.807) is 0 Å². The zero-order chi connectivity index (χ0) is 21.6. The van der Waals surface area contributed by atoms with Gasteiger partial charge in [0.1, 0.15) is 5.37 Å². The maximum atomic E-state index is 13.1. The van der Waals surface area contributed by atoms with E-state index in [2.05, 4.69) is 13.1 Å². The van der Waals surface area contributed by atoms with Crippen LogP contribution in [0, 0.1) is 11.3 Å². The first-order chi connectivity index (χ1) is 12.8. The van der Waals surface area contributed by atoms with Crippen molar-refractivity contribution in [3.8, 4) is 0 Å². The van der Waals surface area contributed by atoms with Gasteiger partial charge in [0, 0.05) is 0 Å². The summed E-state index contributed by atoms with van der Waals surface area (Å²) in [5, 5.41) is 8.85. The number of hydrogen-bond acceptors (Lipinski definition) is 6. The van der Waals surface area contributed by atoms with Crippen LogP contribution in [0.1, 0.15) is 41.0 Å². The number of rotatable bonds is 8. The summed E-state index contributed by atoms with van der Waals surface area (Å²) < 4.78 is 6.86. The van der Waals surface area contributed by atoms with Crippen molar-refractivity contribution < 1.29 is 23.9 Å². The number of carbonyl (C=O) groups excluding carboxylic acids is 2. The molecule has 0 aromatic rings. The fourth-order valence-electron chi connectivity index (χ4n) is 3.55. The van der Waals surface area contributed by atoms with Gasteiger partial charge in [0.05, 0.1) is 21.0 Å². The molecule has 2 aliphatic heterocycles. The van der Waals surface area contributed by atoms with E-state index in [1.807, 2.05) is 34.6 Å². The lowest BCUT2D eigenvalue weighted by Gasteiger charge is -2.56. The molecule has 3 N–H and O–H groups in total. The molecule has 2 rings (SSSR count). The van der Waals surface area contributed by atoms with E-state index in [4.69, 9.17) is 10.2 Å². The van der Waals surface area contributed by atoms with Crippen molar-refractivity contribution in [3.05, 3.63) is 9.93 Å². The molecule has 0 saturated carbocycles. The van der Waals surface area contributed by atoms with Crippen LogP contribution in [-0.2, 0) is 18.8 Å². The van der Waals surface area contributed by atoms with Crippen LogP contribution in [0.4, 0.5) is 0 Å². The summed E-state index contributed by atoms with van der Waals surface area (Å²) in [6.07, 6.45) is 0.487. The Morgan fingerprint density at radius 2 is 1.93 bits per heavy atom. The Labute approximate surface area is 176 Å². The molecular formula is C18H30N2O5S2Si. The Bertz CT molecular complexity index is 721. The highest BCUT2D eigenvalue weighted by Crippen LogP contribution is 2.59. The second kappa shape index (κ2) is 8.04. The molecule has 158 valence electrons. The smallest absolute Gasteiger partial charge is 0.354 e. The van der Waals surface area contributed by atoms with Gasteiger partial charge >= 0.3 is 5.97 Å². The van der Waals surface area contributed by atoms with Gasteiger partial charge in [-0.05, 0) is 31.9 Å². The minimum absolute atomic E-state index is 0.0426. The van der Waals surface area contributed by atoms with E-state index in [1.165, 1.54) is 16.7 Å². The van der Waals surface area contributed by atoms with Gasteiger partial charge in [-0.25, -0.2) is 4.79 Å². The van der Waals surface area contributed by atoms with Gasteiger partial charge < -0.3 is 15.3 Å². The van der Waals surface area contributed by atoms with Crippen LogP contribution in [0.5, 0.6) is 0 Å². The summed E-state index contributed by atoms with van der Waals surface area (Å²) in [6.45, 7) is 14.0. The molecule has 0 radical (unpaired) electrons. The molecule has 0 aromatic carbocycles. The van der Waals surface area contributed by atoms with Crippen molar-refractivity contribution in [1.82, 2.24) is 4.90 Å². The van der Waals surface area contributed by atoms with Gasteiger partial charge in [0.15, 0.2) is 14.7 Å². The lowest BCUT2D eigenvalue weighted by Crippen LogP contribution is -2.69. The fourth-order valence-corrected chi connectivity index (χ4v) is 8.07. The van der Waals surface area contributed by atoms with E-state index < -0.39 is 37.7 Å². The first kappa shape index (κ1) is 23.3. The topological polar surface area (TPSA) is 110 Å². The maximum absolute atomic E-state index is 13.1. The van der Waals surface area contributed by atoms with Crippen molar-refractivity contribution in [2.75, 3.05) is 0 Å². The highest BCUT2D eigenvalue weighted by atomic mass is 32.2. The van der Waals surface area contributed by atoms with Crippen LogP contribution in [0.3, 0.4) is 0 Å². The first-order valence-electron chi connectivity index (χ1n) is 9.37. The van der Waals surface area contributed by atoms with Crippen LogP contribution in [-0.4, -0.2) is 53.1 Å². The van der Waals surface area contributed by atoms with E-state index in [0.29, 0.717) is 10.7 Å². The Morgan fingerprint density at radius 1 is 1.36 bits per heavy atom. The quantitative estimate of drug-likeness (QED) is 0.435. The minimum atomic E-state index is -1.47. The number of primary amides is 1. The number of amides is 2. The van der Waals surface area contributed by atoms with Crippen LogP contribution in [0.15, 0.2) is 9.93 Å². The molecule has 0 aromatic heterocycles. The first-order valence-corrected chi connectivity index (χ1v) is 13.9. The molecule has 10 heteroatoms. The monoisotopic (exact) mass is 446 g/mol. The summed E-state index contributed by atoms with van der Waals surface area (Å²) in [5.41, 5.74) is 4.37. The molecule has 28 heavy (non-hydrogen) atoms. The number of nitrogens with zero attached hydrogens (tertiary/aromatic N) is 1. The second-order valence-corrected chi connectivity index (χ2v) is 13.5. The van der Waals surface area contributed by atoms with Crippen molar-refractivity contribution in [3.63, 3.8) is 0 Å². The van der Waals surface area contributed by atoms with Crippen molar-refractivity contribution in [2.45, 2.75) is 70.4 Å². The largest absolute Gasteiger partial charge is 0.477 e. The second-order valence-electron chi connectivity index (χ2n) is 8.58. The van der Waals surface area contributed by atoms with Crippen LogP contribution < -0.4 is 5.73 Å². The standard InChI is InChI=1S/C18H30N2O5S2Si/c1-8-9(12(19)21)26-16-11(15(23)24)20-13(22)10(14(20)27-16)18(5,17(2,3)4)25-28(6)7/h9-10,14,28H,8H2,1-7H3,(H2,19,21)(H,23,24)/t9?,10-,14+,18?/m0/s1. The Hall–Kier alpha value is -0.973. The highest BCUT2D eigenvalue weighted by molar-refractivity contribution is 8.23. The third-order valence-electron chi connectivity index (χ3n) is 5.41. The molecule has 7 nitrogen and oxygen atoms in total. The molecule has 2 unspecified atom stereocenters. The number of β-lactam (4-membered cyclic amide) rings is 1. The molecule has 4 atom stereocenters. The summed E-state index contributed by atoms with van der Waals surface area (Å²) in [7, 11) is -1.47. The third-order valence-corrected chi connectivity index (χ3v) is 9.34. The van der Waals surface area contributed by atoms with Crippen LogP contribution in [0.2, 0.25) is 13.1 Å². The number of carboxylic acids is 1. The molecule has 0 aliphatic carbocycles. The van der Waals surface area contributed by atoms with Gasteiger partial charge in [-0.15, -0.1) is 11.8 Å². The lowest BCUT2D eigenvalue weighted by atomic mass is 9.66. The molecule has 1 fully saturated rings. The number of nitrogens with two attached hydrogens (primary N) is 1.